The Bertz CT molecular complexity index is 412. The minimum absolute atomic E-state index is 0.135. The van der Waals surface area contributed by atoms with Crippen molar-refractivity contribution in [1.82, 2.24) is 5.32 Å². The lowest BCUT2D eigenvalue weighted by molar-refractivity contribution is -0.123. The number of halogens is 1. The standard InChI is InChI=1S/C17H24ClNO/c18-14-17(12-5-2-6-13-17)19-16(20)11-7-10-15-8-3-1-4-9-15/h1,3-4,8-9H,2,5-7,10-14H2,(H,19,20). The summed E-state index contributed by atoms with van der Waals surface area (Å²) in [6.45, 7) is 0. The summed E-state index contributed by atoms with van der Waals surface area (Å²) in [5.41, 5.74) is 1.16. The Morgan fingerprint density at radius 2 is 1.85 bits per heavy atom. The van der Waals surface area contributed by atoms with Crippen molar-refractivity contribution in [3.8, 4) is 0 Å². The summed E-state index contributed by atoms with van der Waals surface area (Å²) in [6.07, 6.45) is 8.13. The van der Waals surface area contributed by atoms with Gasteiger partial charge in [-0.25, -0.2) is 0 Å². The molecule has 1 fully saturated rings. The molecule has 20 heavy (non-hydrogen) atoms. The second-order valence-corrected chi connectivity index (χ2v) is 6.13. The van der Waals surface area contributed by atoms with Gasteiger partial charge in [-0.05, 0) is 31.2 Å². The zero-order valence-corrected chi connectivity index (χ0v) is 12.8. The largest absolute Gasteiger partial charge is 0.349 e. The first-order chi connectivity index (χ1) is 9.74. The molecule has 0 saturated heterocycles. The Kier molecular flexibility index (Phi) is 5.90. The lowest BCUT2D eigenvalue weighted by Crippen LogP contribution is -2.51. The first kappa shape index (κ1) is 15.4. The van der Waals surface area contributed by atoms with Crippen molar-refractivity contribution in [2.24, 2.45) is 0 Å². The molecule has 0 radical (unpaired) electrons. The molecule has 1 N–H and O–H groups in total. The van der Waals surface area contributed by atoms with E-state index in [1.165, 1.54) is 24.8 Å². The SMILES string of the molecule is O=C(CCCc1ccccc1)NC1(CCl)CCCCC1. The van der Waals surface area contributed by atoms with Crippen molar-refractivity contribution in [3.05, 3.63) is 35.9 Å². The smallest absolute Gasteiger partial charge is 0.220 e. The molecule has 0 aromatic heterocycles. The van der Waals surface area contributed by atoms with Crippen molar-refractivity contribution in [2.75, 3.05) is 5.88 Å². The molecule has 1 saturated carbocycles. The first-order valence-corrected chi connectivity index (χ1v) is 8.18. The van der Waals surface area contributed by atoms with Gasteiger partial charge in [0.2, 0.25) is 5.91 Å². The lowest BCUT2D eigenvalue weighted by Gasteiger charge is -2.36. The zero-order valence-electron chi connectivity index (χ0n) is 12.0. The fourth-order valence-electron chi connectivity index (χ4n) is 2.98. The summed E-state index contributed by atoms with van der Waals surface area (Å²) >= 11 is 6.10. The molecular weight excluding hydrogens is 270 g/mol. The predicted octanol–water partition coefficient (Wildman–Crippen LogP) is 4.07. The Morgan fingerprint density at radius 1 is 1.15 bits per heavy atom. The molecule has 1 aliphatic rings. The number of carbonyl (C=O) groups excluding carboxylic acids is 1. The van der Waals surface area contributed by atoms with Crippen LogP contribution in [0.15, 0.2) is 30.3 Å². The molecule has 2 nitrogen and oxygen atoms in total. The number of hydrogen-bond acceptors (Lipinski definition) is 1. The number of aryl methyl sites for hydroxylation is 1. The van der Waals surface area contributed by atoms with Crippen molar-refractivity contribution in [3.63, 3.8) is 0 Å². The van der Waals surface area contributed by atoms with Gasteiger partial charge in [0.1, 0.15) is 0 Å². The van der Waals surface area contributed by atoms with E-state index in [4.69, 9.17) is 11.6 Å². The first-order valence-electron chi connectivity index (χ1n) is 7.65. The predicted molar refractivity (Wildman–Crippen MR) is 84.1 cm³/mol. The van der Waals surface area contributed by atoms with Crippen LogP contribution in [0.25, 0.3) is 0 Å². The van der Waals surface area contributed by atoms with E-state index < -0.39 is 0 Å². The molecule has 110 valence electrons. The normalized spacial score (nSPS) is 17.6. The number of rotatable bonds is 6. The average molecular weight is 294 g/mol. The van der Waals surface area contributed by atoms with E-state index in [0.717, 1.165) is 25.7 Å². The highest BCUT2D eigenvalue weighted by Gasteiger charge is 2.32. The Balaban J connectivity index is 1.74. The number of nitrogens with one attached hydrogen (secondary N) is 1. The van der Waals surface area contributed by atoms with Gasteiger partial charge in [-0.1, -0.05) is 49.6 Å². The quantitative estimate of drug-likeness (QED) is 0.787. The van der Waals surface area contributed by atoms with Crippen LogP contribution >= 0.6 is 11.6 Å². The van der Waals surface area contributed by atoms with Gasteiger partial charge in [-0.2, -0.15) is 0 Å². The van der Waals surface area contributed by atoms with Crippen LogP contribution in [0.5, 0.6) is 0 Å². The van der Waals surface area contributed by atoms with Gasteiger partial charge in [-0.3, -0.25) is 4.79 Å². The molecule has 0 atom stereocenters. The minimum atomic E-state index is -0.135. The highest BCUT2D eigenvalue weighted by molar-refractivity contribution is 6.18. The number of carbonyl (C=O) groups is 1. The second-order valence-electron chi connectivity index (χ2n) is 5.86. The summed E-state index contributed by atoms with van der Waals surface area (Å²) in [5, 5.41) is 3.20. The van der Waals surface area contributed by atoms with Crippen LogP contribution in [0.3, 0.4) is 0 Å². The number of benzene rings is 1. The molecule has 2 rings (SSSR count). The third-order valence-corrected chi connectivity index (χ3v) is 4.69. The summed E-state index contributed by atoms with van der Waals surface area (Å²) in [6, 6.07) is 10.3. The minimum Gasteiger partial charge on any atom is -0.349 e. The van der Waals surface area contributed by atoms with E-state index >= 15 is 0 Å². The summed E-state index contributed by atoms with van der Waals surface area (Å²) < 4.78 is 0. The van der Waals surface area contributed by atoms with Crippen LogP contribution in [0.2, 0.25) is 0 Å². The van der Waals surface area contributed by atoms with Gasteiger partial charge >= 0.3 is 0 Å². The second kappa shape index (κ2) is 7.68. The number of alkyl halides is 1. The maximum Gasteiger partial charge on any atom is 0.220 e. The van der Waals surface area contributed by atoms with Crippen LogP contribution in [-0.2, 0) is 11.2 Å². The van der Waals surface area contributed by atoms with Gasteiger partial charge in [0.05, 0.1) is 5.54 Å². The Labute approximate surface area is 126 Å². The van der Waals surface area contributed by atoms with Crippen molar-refractivity contribution in [1.29, 1.82) is 0 Å². The Hall–Kier alpha value is -1.02. The van der Waals surface area contributed by atoms with Gasteiger partial charge in [0.25, 0.3) is 0 Å². The fraction of sp³-hybridized carbons (Fsp3) is 0.588. The molecule has 0 bridgehead atoms. The Morgan fingerprint density at radius 3 is 2.50 bits per heavy atom. The van der Waals surface area contributed by atoms with Gasteiger partial charge in [-0.15, -0.1) is 11.6 Å². The molecule has 1 aromatic carbocycles. The number of amides is 1. The van der Waals surface area contributed by atoms with Crippen LogP contribution in [0, 0.1) is 0 Å². The molecule has 1 aliphatic carbocycles. The molecule has 0 heterocycles. The van der Waals surface area contributed by atoms with E-state index in [1.54, 1.807) is 0 Å². The van der Waals surface area contributed by atoms with E-state index in [-0.39, 0.29) is 11.4 Å². The van der Waals surface area contributed by atoms with E-state index in [9.17, 15) is 4.79 Å². The van der Waals surface area contributed by atoms with Gasteiger partial charge in [0, 0.05) is 12.3 Å². The van der Waals surface area contributed by atoms with Gasteiger partial charge < -0.3 is 5.32 Å². The molecule has 0 unspecified atom stereocenters. The topological polar surface area (TPSA) is 29.1 Å². The van der Waals surface area contributed by atoms with Gasteiger partial charge in [0.15, 0.2) is 0 Å². The molecule has 3 heteroatoms. The third kappa shape index (κ3) is 4.52. The van der Waals surface area contributed by atoms with Crippen LogP contribution < -0.4 is 5.32 Å². The van der Waals surface area contributed by atoms with Crippen LogP contribution in [-0.4, -0.2) is 17.3 Å². The number of hydrogen-bond donors (Lipinski definition) is 1. The molecule has 1 aromatic rings. The zero-order chi connectivity index (χ0) is 14.3. The highest BCUT2D eigenvalue weighted by Crippen LogP contribution is 2.29. The lowest BCUT2D eigenvalue weighted by atomic mass is 9.83. The molecule has 1 amide bonds. The highest BCUT2D eigenvalue weighted by atomic mass is 35.5. The monoisotopic (exact) mass is 293 g/mol. The maximum absolute atomic E-state index is 12.1. The third-order valence-electron chi connectivity index (χ3n) is 4.18. The fourth-order valence-corrected chi connectivity index (χ4v) is 3.31. The van der Waals surface area contributed by atoms with Crippen molar-refractivity contribution in [2.45, 2.75) is 56.9 Å². The maximum atomic E-state index is 12.1. The van der Waals surface area contributed by atoms with E-state index in [2.05, 4.69) is 17.4 Å². The summed E-state index contributed by atoms with van der Waals surface area (Å²) in [7, 11) is 0. The summed E-state index contributed by atoms with van der Waals surface area (Å²) in [4.78, 5) is 12.1. The van der Waals surface area contributed by atoms with Crippen molar-refractivity contribution < 1.29 is 4.79 Å². The average Bonchev–Trinajstić information content (AvgIpc) is 2.49. The summed E-state index contributed by atoms with van der Waals surface area (Å²) in [5.74, 6) is 0.695. The van der Waals surface area contributed by atoms with E-state index in [1.807, 2.05) is 18.2 Å². The van der Waals surface area contributed by atoms with Crippen LogP contribution in [0.1, 0.15) is 50.5 Å². The van der Waals surface area contributed by atoms with E-state index in [0.29, 0.717) is 12.3 Å². The molecule has 0 spiro atoms. The van der Waals surface area contributed by atoms with Crippen LogP contribution in [0.4, 0.5) is 0 Å². The van der Waals surface area contributed by atoms with Crippen molar-refractivity contribution >= 4 is 17.5 Å². The molecular formula is C17H24ClNO. The molecule has 0 aliphatic heterocycles.